The first-order valence-electron chi connectivity index (χ1n) is 7.32. The van der Waals surface area contributed by atoms with Crippen LogP contribution in [-0.2, 0) is 6.54 Å². The summed E-state index contributed by atoms with van der Waals surface area (Å²) in [5.74, 6) is 1.79. The highest BCUT2D eigenvalue weighted by atomic mass is 32.2. The molecule has 1 aromatic carbocycles. The maximum Gasteiger partial charge on any atom is 0.191 e. The van der Waals surface area contributed by atoms with Crippen molar-refractivity contribution in [3.8, 4) is 0 Å². The van der Waals surface area contributed by atoms with Crippen molar-refractivity contribution in [3.05, 3.63) is 59.9 Å². The highest BCUT2D eigenvalue weighted by Gasteiger charge is 1.99. The van der Waals surface area contributed by atoms with Gasteiger partial charge in [-0.2, -0.15) is 0 Å². The number of benzene rings is 1. The van der Waals surface area contributed by atoms with E-state index in [1.165, 1.54) is 10.5 Å². The number of nitrogens with one attached hydrogen (secondary N) is 2. The number of nitrogens with zero attached hydrogens (tertiary/aromatic N) is 2. The van der Waals surface area contributed by atoms with Crippen molar-refractivity contribution in [3.63, 3.8) is 0 Å². The largest absolute Gasteiger partial charge is 0.356 e. The molecule has 0 fully saturated rings. The van der Waals surface area contributed by atoms with Crippen molar-refractivity contribution in [1.82, 2.24) is 15.6 Å². The zero-order chi connectivity index (χ0) is 15.6. The average Bonchev–Trinajstić information content (AvgIpc) is 2.57. The van der Waals surface area contributed by atoms with Crippen LogP contribution in [0.4, 0.5) is 0 Å². The Morgan fingerprint density at radius 2 is 1.95 bits per heavy atom. The molecule has 1 heterocycles. The maximum atomic E-state index is 4.28. The lowest BCUT2D eigenvalue weighted by Crippen LogP contribution is -2.38. The average molecular weight is 314 g/mol. The molecule has 0 saturated carbocycles. The lowest BCUT2D eigenvalue weighted by molar-refractivity contribution is 0.813. The molecule has 0 radical (unpaired) electrons. The highest BCUT2D eigenvalue weighted by molar-refractivity contribution is 7.99. The normalized spacial score (nSPS) is 11.3. The van der Waals surface area contributed by atoms with E-state index in [4.69, 9.17) is 0 Å². The molecule has 4 nitrogen and oxygen atoms in total. The predicted octanol–water partition coefficient (Wildman–Crippen LogP) is 2.85. The third kappa shape index (κ3) is 5.77. The van der Waals surface area contributed by atoms with Gasteiger partial charge >= 0.3 is 0 Å². The third-order valence-corrected chi connectivity index (χ3v) is 4.08. The van der Waals surface area contributed by atoms with Gasteiger partial charge in [0, 0.05) is 30.4 Å². The first-order valence-corrected chi connectivity index (χ1v) is 8.30. The van der Waals surface area contributed by atoms with Crippen molar-refractivity contribution in [2.24, 2.45) is 4.99 Å². The van der Waals surface area contributed by atoms with Crippen LogP contribution >= 0.6 is 11.8 Å². The van der Waals surface area contributed by atoms with E-state index >= 15 is 0 Å². The fourth-order valence-electron chi connectivity index (χ4n) is 1.87. The Morgan fingerprint density at radius 1 is 1.14 bits per heavy atom. The molecule has 5 heteroatoms. The molecule has 0 amide bonds. The zero-order valence-corrected chi connectivity index (χ0v) is 13.9. The number of aliphatic imine (C=N–C) groups is 1. The first-order chi connectivity index (χ1) is 10.8. The van der Waals surface area contributed by atoms with Gasteiger partial charge in [0.2, 0.25) is 0 Å². The molecular weight excluding hydrogens is 292 g/mol. The van der Waals surface area contributed by atoms with Crippen molar-refractivity contribution in [1.29, 1.82) is 0 Å². The number of aromatic nitrogens is 1. The third-order valence-electron chi connectivity index (χ3n) is 3.07. The molecule has 0 unspecified atom stereocenters. The SMILES string of the molecule is CN=C(NCCSc1ccc(C)cc1)NCc1ccccn1. The number of guanidine groups is 1. The number of hydrogen-bond donors (Lipinski definition) is 2. The van der Waals surface area contributed by atoms with Gasteiger partial charge < -0.3 is 10.6 Å². The monoisotopic (exact) mass is 314 g/mol. The summed E-state index contributed by atoms with van der Waals surface area (Å²) < 4.78 is 0. The molecule has 2 rings (SSSR count). The van der Waals surface area contributed by atoms with Gasteiger partial charge in [0.1, 0.15) is 0 Å². The second kappa shape index (κ2) is 9.10. The predicted molar refractivity (Wildman–Crippen MR) is 94.3 cm³/mol. The molecule has 0 bridgehead atoms. The molecule has 2 N–H and O–H groups in total. The van der Waals surface area contributed by atoms with Crippen LogP contribution in [0.5, 0.6) is 0 Å². The Labute approximate surface area is 136 Å². The van der Waals surface area contributed by atoms with Gasteiger partial charge in [-0.25, -0.2) is 0 Å². The number of rotatable bonds is 6. The molecule has 0 saturated heterocycles. The van der Waals surface area contributed by atoms with Crippen molar-refractivity contribution < 1.29 is 0 Å². The van der Waals surface area contributed by atoms with Crippen LogP contribution in [-0.4, -0.2) is 30.3 Å². The maximum absolute atomic E-state index is 4.28. The number of thioether (sulfide) groups is 1. The lowest BCUT2D eigenvalue weighted by Gasteiger charge is -2.11. The van der Waals surface area contributed by atoms with E-state index in [2.05, 4.69) is 51.8 Å². The summed E-state index contributed by atoms with van der Waals surface area (Å²) >= 11 is 1.84. The van der Waals surface area contributed by atoms with Crippen LogP contribution in [0.3, 0.4) is 0 Å². The molecular formula is C17H22N4S. The summed E-state index contributed by atoms with van der Waals surface area (Å²) in [5.41, 5.74) is 2.29. The molecule has 1 aromatic heterocycles. The summed E-state index contributed by atoms with van der Waals surface area (Å²) in [5, 5.41) is 6.57. The van der Waals surface area contributed by atoms with E-state index < -0.39 is 0 Å². The minimum atomic E-state index is 0.672. The Kier molecular flexibility index (Phi) is 6.77. The number of pyridine rings is 1. The first kappa shape index (κ1) is 16.4. The smallest absolute Gasteiger partial charge is 0.191 e. The minimum Gasteiger partial charge on any atom is -0.356 e. The number of hydrogen-bond acceptors (Lipinski definition) is 3. The minimum absolute atomic E-state index is 0.672. The lowest BCUT2D eigenvalue weighted by atomic mass is 10.2. The van der Waals surface area contributed by atoms with Gasteiger partial charge in [0.25, 0.3) is 0 Å². The Balaban J connectivity index is 1.67. The van der Waals surface area contributed by atoms with E-state index in [0.29, 0.717) is 6.54 Å². The Hall–Kier alpha value is -2.01. The summed E-state index contributed by atoms with van der Waals surface area (Å²) in [6.07, 6.45) is 1.80. The van der Waals surface area contributed by atoms with E-state index in [0.717, 1.165) is 24.0 Å². The zero-order valence-electron chi connectivity index (χ0n) is 13.0. The molecule has 116 valence electrons. The molecule has 0 atom stereocenters. The van der Waals surface area contributed by atoms with Gasteiger partial charge in [-0.1, -0.05) is 23.8 Å². The van der Waals surface area contributed by atoms with Gasteiger partial charge in [-0.05, 0) is 31.2 Å². The fraction of sp³-hybridized carbons (Fsp3) is 0.294. The van der Waals surface area contributed by atoms with Crippen LogP contribution < -0.4 is 10.6 Å². The summed E-state index contributed by atoms with van der Waals surface area (Å²) in [7, 11) is 1.78. The fourth-order valence-corrected chi connectivity index (χ4v) is 2.64. The molecule has 0 aliphatic carbocycles. The van der Waals surface area contributed by atoms with E-state index in [1.807, 2.05) is 30.0 Å². The van der Waals surface area contributed by atoms with Crippen LogP contribution in [0.15, 0.2) is 58.5 Å². The molecule has 0 aliphatic rings. The van der Waals surface area contributed by atoms with Gasteiger partial charge in [0.15, 0.2) is 5.96 Å². The van der Waals surface area contributed by atoms with E-state index in [1.54, 1.807) is 13.2 Å². The van der Waals surface area contributed by atoms with Gasteiger partial charge in [0.05, 0.1) is 12.2 Å². The molecule has 22 heavy (non-hydrogen) atoms. The second-order valence-corrected chi connectivity index (χ2v) is 6.00. The van der Waals surface area contributed by atoms with Crippen molar-refractivity contribution >= 4 is 17.7 Å². The summed E-state index contributed by atoms with van der Waals surface area (Å²) in [4.78, 5) is 9.79. The second-order valence-electron chi connectivity index (χ2n) is 4.84. The quantitative estimate of drug-likeness (QED) is 0.372. The molecule has 0 spiro atoms. The Bertz CT molecular complexity index is 581. The standard InChI is InChI=1S/C17H22N4S/c1-14-6-8-16(9-7-14)22-12-11-20-17(18-2)21-13-15-5-3-4-10-19-15/h3-10H,11-13H2,1-2H3,(H2,18,20,21). The molecule has 2 aromatic rings. The van der Waals surface area contributed by atoms with E-state index in [-0.39, 0.29) is 0 Å². The van der Waals surface area contributed by atoms with Gasteiger partial charge in [-0.15, -0.1) is 11.8 Å². The highest BCUT2D eigenvalue weighted by Crippen LogP contribution is 2.17. The Morgan fingerprint density at radius 3 is 2.64 bits per heavy atom. The van der Waals surface area contributed by atoms with Crippen LogP contribution in [0, 0.1) is 6.92 Å². The van der Waals surface area contributed by atoms with E-state index in [9.17, 15) is 0 Å². The van der Waals surface area contributed by atoms with Crippen LogP contribution in [0.1, 0.15) is 11.3 Å². The summed E-state index contributed by atoms with van der Waals surface area (Å²) in [6.45, 7) is 3.64. The van der Waals surface area contributed by atoms with Crippen LogP contribution in [0.2, 0.25) is 0 Å². The van der Waals surface area contributed by atoms with Crippen molar-refractivity contribution in [2.45, 2.75) is 18.4 Å². The molecule has 0 aliphatic heterocycles. The summed E-state index contributed by atoms with van der Waals surface area (Å²) in [6, 6.07) is 14.5. The topological polar surface area (TPSA) is 49.3 Å². The van der Waals surface area contributed by atoms with Crippen LogP contribution in [0.25, 0.3) is 0 Å². The van der Waals surface area contributed by atoms with Crippen molar-refractivity contribution in [2.75, 3.05) is 19.3 Å². The number of aryl methyl sites for hydroxylation is 1. The van der Waals surface area contributed by atoms with Gasteiger partial charge in [-0.3, -0.25) is 9.98 Å².